The highest BCUT2D eigenvalue weighted by atomic mass is 31.2. The molecular formula is C77H150O17P2. The molecule has 0 spiro atoms. The third-order valence-electron chi connectivity index (χ3n) is 18.0. The summed E-state index contributed by atoms with van der Waals surface area (Å²) in [5.41, 5.74) is 0. The van der Waals surface area contributed by atoms with E-state index in [1.165, 1.54) is 231 Å². The molecule has 570 valence electrons. The second kappa shape index (κ2) is 70.1. The van der Waals surface area contributed by atoms with Gasteiger partial charge >= 0.3 is 39.5 Å². The largest absolute Gasteiger partial charge is 0.472 e. The second-order valence-electron chi connectivity index (χ2n) is 28.2. The fourth-order valence-electron chi connectivity index (χ4n) is 11.9. The number of phosphoric ester groups is 2. The Kier molecular flexibility index (Phi) is 68.7. The smallest absolute Gasteiger partial charge is 0.462 e. The first kappa shape index (κ1) is 94.1. The number of carbonyl (C=O) groups is 4. The summed E-state index contributed by atoms with van der Waals surface area (Å²) in [6.07, 6.45) is 59.6. The first-order valence-corrected chi connectivity index (χ1v) is 43.1. The highest BCUT2D eigenvalue weighted by molar-refractivity contribution is 7.47. The van der Waals surface area contributed by atoms with E-state index in [1.54, 1.807) is 0 Å². The van der Waals surface area contributed by atoms with Crippen molar-refractivity contribution < 1.29 is 80.2 Å². The number of esters is 4. The summed E-state index contributed by atoms with van der Waals surface area (Å²) in [4.78, 5) is 72.9. The summed E-state index contributed by atoms with van der Waals surface area (Å²) in [5.74, 6) is -1.38. The van der Waals surface area contributed by atoms with E-state index in [4.69, 9.17) is 37.0 Å². The van der Waals surface area contributed by atoms with Gasteiger partial charge < -0.3 is 33.8 Å². The van der Waals surface area contributed by atoms with E-state index in [-0.39, 0.29) is 25.7 Å². The Morgan fingerprint density at radius 1 is 0.281 bits per heavy atom. The highest BCUT2D eigenvalue weighted by Crippen LogP contribution is 2.45. The topological polar surface area (TPSA) is 237 Å². The summed E-state index contributed by atoms with van der Waals surface area (Å²) in [7, 11) is -9.91. The Hall–Kier alpha value is -1.94. The fraction of sp³-hybridized carbons (Fsp3) is 0.948. The molecule has 0 aromatic carbocycles. The molecule has 0 rings (SSSR count). The van der Waals surface area contributed by atoms with Gasteiger partial charge in [-0.15, -0.1) is 0 Å². The van der Waals surface area contributed by atoms with Gasteiger partial charge in [0.2, 0.25) is 0 Å². The molecule has 0 aromatic rings. The lowest BCUT2D eigenvalue weighted by Crippen LogP contribution is -2.30. The van der Waals surface area contributed by atoms with E-state index in [0.717, 1.165) is 95.8 Å². The van der Waals surface area contributed by atoms with E-state index >= 15 is 0 Å². The number of aliphatic hydroxyl groups excluding tert-OH is 1. The van der Waals surface area contributed by atoms with Crippen LogP contribution in [0.3, 0.4) is 0 Å². The number of carbonyl (C=O) groups excluding carboxylic acids is 4. The minimum atomic E-state index is -4.96. The molecule has 96 heavy (non-hydrogen) atoms. The molecule has 0 saturated carbocycles. The standard InChI is InChI=1S/C77H150O17P2/c1-6-9-12-15-18-21-24-27-29-30-31-33-35-38-41-48-53-58-63-77(82)93-72(66-87-74(79)60-55-50-45-39-37-34-32-28-25-22-19-16-13-10-7-2)68-91-95(83,84)89-64-71(78)65-90-96(85,86)92-69-73(67-88-75(80)61-56-51-46-43-42-44-49-54-59-70(4)5)94-76(81)62-57-52-47-40-36-26-23-20-17-14-11-8-3/h70-73,78H,6-69H2,1-5H3,(H,83,84)(H,85,86)/t71-,72-,73-/m1/s1. The lowest BCUT2D eigenvalue weighted by molar-refractivity contribution is -0.161. The molecular weight excluding hydrogens is 1260 g/mol. The maximum Gasteiger partial charge on any atom is 0.472 e. The van der Waals surface area contributed by atoms with Gasteiger partial charge in [-0.05, 0) is 31.6 Å². The lowest BCUT2D eigenvalue weighted by atomic mass is 10.0. The van der Waals surface area contributed by atoms with Crippen LogP contribution < -0.4 is 0 Å². The van der Waals surface area contributed by atoms with Crippen LogP contribution >= 0.6 is 15.6 Å². The predicted octanol–water partition coefficient (Wildman–Crippen LogP) is 22.9. The zero-order chi connectivity index (χ0) is 70.5. The van der Waals surface area contributed by atoms with Gasteiger partial charge in [0.15, 0.2) is 12.2 Å². The lowest BCUT2D eigenvalue weighted by Gasteiger charge is -2.21. The highest BCUT2D eigenvalue weighted by Gasteiger charge is 2.30. The number of rotatable bonds is 77. The second-order valence-corrected chi connectivity index (χ2v) is 31.1. The minimum Gasteiger partial charge on any atom is -0.462 e. The van der Waals surface area contributed by atoms with Crippen molar-refractivity contribution in [2.24, 2.45) is 5.92 Å². The monoisotopic (exact) mass is 1410 g/mol. The molecule has 0 aromatic heterocycles. The van der Waals surface area contributed by atoms with Crippen molar-refractivity contribution in [2.45, 2.75) is 425 Å². The van der Waals surface area contributed by atoms with Crippen LogP contribution in [-0.2, 0) is 65.4 Å². The van der Waals surface area contributed by atoms with Crippen molar-refractivity contribution in [3.05, 3.63) is 0 Å². The Balaban J connectivity index is 5.24. The number of phosphoric acid groups is 2. The normalized spacial score (nSPS) is 13.9. The van der Waals surface area contributed by atoms with E-state index < -0.39 is 97.5 Å². The molecule has 3 N–H and O–H groups in total. The quantitative estimate of drug-likeness (QED) is 0.0222. The van der Waals surface area contributed by atoms with Crippen molar-refractivity contribution >= 4 is 39.5 Å². The van der Waals surface area contributed by atoms with Gasteiger partial charge in [0, 0.05) is 25.7 Å². The van der Waals surface area contributed by atoms with Gasteiger partial charge in [-0.25, -0.2) is 9.13 Å². The first-order valence-electron chi connectivity index (χ1n) is 40.1. The Labute approximate surface area is 588 Å². The molecule has 0 fully saturated rings. The third kappa shape index (κ3) is 70.5. The van der Waals surface area contributed by atoms with Crippen molar-refractivity contribution in [1.82, 2.24) is 0 Å². The summed E-state index contributed by atoms with van der Waals surface area (Å²) in [6.45, 7) is 7.27. The molecule has 2 unspecified atom stereocenters. The van der Waals surface area contributed by atoms with E-state index in [0.29, 0.717) is 25.7 Å². The van der Waals surface area contributed by atoms with Gasteiger partial charge in [-0.1, -0.05) is 356 Å². The minimum absolute atomic E-state index is 0.107. The number of unbranched alkanes of at least 4 members (excludes halogenated alkanes) is 49. The Morgan fingerprint density at radius 2 is 0.479 bits per heavy atom. The van der Waals surface area contributed by atoms with Crippen molar-refractivity contribution in [1.29, 1.82) is 0 Å². The molecule has 19 heteroatoms. The average Bonchev–Trinajstić information content (AvgIpc) is 3.06. The third-order valence-corrected chi connectivity index (χ3v) is 19.9. The van der Waals surface area contributed by atoms with Crippen molar-refractivity contribution in [3.63, 3.8) is 0 Å². The van der Waals surface area contributed by atoms with Gasteiger partial charge in [0.25, 0.3) is 0 Å². The number of hydrogen-bond acceptors (Lipinski definition) is 15. The molecule has 0 aliphatic rings. The van der Waals surface area contributed by atoms with Crippen molar-refractivity contribution in [3.8, 4) is 0 Å². The molecule has 0 bridgehead atoms. The van der Waals surface area contributed by atoms with Gasteiger partial charge in [0.05, 0.1) is 26.4 Å². The molecule has 17 nitrogen and oxygen atoms in total. The van der Waals surface area contributed by atoms with Gasteiger partial charge in [0.1, 0.15) is 19.3 Å². The van der Waals surface area contributed by atoms with Crippen LogP contribution in [0.15, 0.2) is 0 Å². The molecule has 5 atom stereocenters. The summed E-state index contributed by atoms with van der Waals surface area (Å²) >= 11 is 0. The Morgan fingerprint density at radius 3 is 0.708 bits per heavy atom. The molecule has 0 radical (unpaired) electrons. The van der Waals surface area contributed by atoms with E-state index in [2.05, 4.69) is 34.6 Å². The zero-order valence-corrected chi connectivity index (χ0v) is 64.3. The van der Waals surface area contributed by atoms with Crippen LogP contribution in [0.2, 0.25) is 0 Å². The molecule has 0 heterocycles. The number of aliphatic hydroxyl groups is 1. The van der Waals surface area contributed by atoms with Crippen molar-refractivity contribution in [2.75, 3.05) is 39.6 Å². The maximum atomic E-state index is 13.1. The summed E-state index contributed by atoms with van der Waals surface area (Å²) in [6, 6.07) is 0. The van der Waals surface area contributed by atoms with Crippen LogP contribution in [0.4, 0.5) is 0 Å². The Bertz CT molecular complexity index is 1840. The van der Waals surface area contributed by atoms with Crippen LogP contribution in [0.1, 0.15) is 407 Å². The van der Waals surface area contributed by atoms with Crippen LogP contribution in [0.5, 0.6) is 0 Å². The number of ether oxygens (including phenoxy) is 4. The molecule has 0 aliphatic carbocycles. The average molecular weight is 1410 g/mol. The molecule has 0 amide bonds. The summed E-state index contributed by atoms with van der Waals surface area (Å²) in [5, 5.41) is 10.6. The van der Waals surface area contributed by atoms with Crippen LogP contribution in [0, 0.1) is 5.92 Å². The first-order chi connectivity index (χ1) is 46.5. The zero-order valence-electron chi connectivity index (χ0n) is 62.5. The summed E-state index contributed by atoms with van der Waals surface area (Å²) < 4.78 is 68.6. The van der Waals surface area contributed by atoms with Crippen LogP contribution in [0.25, 0.3) is 0 Å². The number of hydrogen-bond donors (Lipinski definition) is 3. The molecule has 0 aliphatic heterocycles. The van der Waals surface area contributed by atoms with Gasteiger partial charge in [-0.2, -0.15) is 0 Å². The predicted molar refractivity (Wildman–Crippen MR) is 391 cm³/mol. The molecule has 0 saturated heterocycles. The van der Waals surface area contributed by atoms with Crippen LogP contribution in [-0.4, -0.2) is 96.7 Å². The van der Waals surface area contributed by atoms with Gasteiger partial charge in [-0.3, -0.25) is 37.3 Å². The SMILES string of the molecule is CCCCCCCCCCCCCCCCCCCCC(=O)O[C@H](COC(=O)CCCCCCCCCCCCCCCCC)COP(=O)(O)OC[C@@H](O)COP(=O)(O)OC[C@@H](COC(=O)CCCCCCCCCCC(C)C)OC(=O)CCCCCCCCCCCCCC. The maximum absolute atomic E-state index is 13.1. The fourth-order valence-corrected chi connectivity index (χ4v) is 13.5. The van der Waals surface area contributed by atoms with E-state index in [1.807, 2.05) is 0 Å². The van der Waals surface area contributed by atoms with E-state index in [9.17, 15) is 43.2 Å².